The fourth-order valence-corrected chi connectivity index (χ4v) is 2.03. The number of nitrogens with one attached hydrogen (secondary N) is 2. The van der Waals surface area contributed by atoms with Crippen LogP contribution in [0.2, 0.25) is 0 Å². The minimum atomic E-state index is -0.335. The Balaban J connectivity index is 2.05. The molecule has 3 N–H and O–H groups in total. The van der Waals surface area contributed by atoms with E-state index in [2.05, 4.69) is 42.3 Å². The van der Waals surface area contributed by atoms with E-state index in [1.165, 1.54) is 10.9 Å². The van der Waals surface area contributed by atoms with Crippen molar-refractivity contribution < 1.29 is 5.11 Å². The van der Waals surface area contributed by atoms with Crippen LogP contribution in [0, 0.1) is 0 Å². The quantitative estimate of drug-likeness (QED) is 0.739. The molecule has 1 atom stereocenters. The smallest absolute Gasteiger partial charge is 0.0705 e. The van der Waals surface area contributed by atoms with Crippen molar-refractivity contribution in [2.45, 2.75) is 32.4 Å². The van der Waals surface area contributed by atoms with Crippen molar-refractivity contribution in [2.75, 3.05) is 6.54 Å². The lowest BCUT2D eigenvalue weighted by molar-refractivity contribution is 0.169. The normalized spacial score (nSPS) is 13.4. The van der Waals surface area contributed by atoms with Gasteiger partial charge in [-0.25, -0.2) is 0 Å². The zero-order chi connectivity index (χ0) is 12.3. The Labute approximate surface area is 102 Å². The van der Waals surface area contributed by atoms with Crippen LogP contribution >= 0.6 is 0 Å². The van der Waals surface area contributed by atoms with Gasteiger partial charge in [-0.05, 0) is 17.7 Å². The maximum absolute atomic E-state index is 9.98. The summed E-state index contributed by atoms with van der Waals surface area (Å²) in [7, 11) is 0. The summed E-state index contributed by atoms with van der Waals surface area (Å²) in [6.45, 7) is 4.80. The van der Waals surface area contributed by atoms with Crippen LogP contribution in [-0.2, 0) is 6.42 Å². The Kier molecular flexibility index (Phi) is 3.82. The Bertz CT molecular complexity index is 476. The molecule has 1 aromatic heterocycles. The Hall–Kier alpha value is -1.32. The van der Waals surface area contributed by atoms with Crippen LogP contribution in [-0.4, -0.2) is 28.8 Å². The first-order valence-electron chi connectivity index (χ1n) is 6.13. The second-order valence-electron chi connectivity index (χ2n) is 4.78. The maximum Gasteiger partial charge on any atom is 0.0705 e. The predicted octanol–water partition coefficient (Wildman–Crippen LogP) is 2.07. The zero-order valence-electron chi connectivity index (χ0n) is 10.4. The van der Waals surface area contributed by atoms with E-state index in [0.29, 0.717) is 19.0 Å². The molecule has 0 aliphatic rings. The lowest BCUT2D eigenvalue weighted by atomic mass is 10.0. The second kappa shape index (κ2) is 5.34. The van der Waals surface area contributed by atoms with Gasteiger partial charge in [0.25, 0.3) is 0 Å². The highest BCUT2D eigenvalue weighted by Gasteiger charge is 2.09. The average molecular weight is 232 g/mol. The molecule has 0 bridgehead atoms. The molecule has 3 nitrogen and oxygen atoms in total. The summed E-state index contributed by atoms with van der Waals surface area (Å²) < 4.78 is 0. The number of rotatable bonds is 5. The SMILES string of the molecule is CC(C)NCC(O)Cc1cccc2[nH]ccc12. The summed E-state index contributed by atoms with van der Waals surface area (Å²) >= 11 is 0. The lowest BCUT2D eigenvalue weighted by Gasteiger charge is -2.14. The topological polar surface area (TPSA) is 48.0 Å². The molecule has 0 saturated carbocycles. The summed E-state index contributed by atoms with van der Waals surface area (Å²) in [5.74, 6) is 0. The third-order valence-electron chi connectivity index (χ3n) is 2.90. The van der Waals surface area contributed by atoms with Crippen molar-refractivity contribution in [3.05, 3.63) is 36.0 Å². The van der Waals surface area contributed by atoms with Gasteiger partial charge in [0.05, 0.1) is 6.10 Å². The van der Waals surface area contributed by atoms with Gasteiger partial charge in [-0.2, -0.15) is 0 Å². The van der Waals surface area contributed by atoms with E-state index in [9.17, 15) is 5.11 Å². The number of aliphatic hydroxyl groups excluding tert-OH is 1. The molecule has 0 aliphatic heterocycles. The number of aliphatic hydroxyl groups is 1. The number of benzene rings is 1. The standard InChI is InChI=1S/C14H20N2O/c1-10(2)16-9-12(17)8-11-4-3-5-14-13(11)6-7-15-14/h3-7,10,12,15-17H,8-9H2,1-2H3. The number of H-pyrrole nitrogens is 1. The molecular weight excluding hydrogens is 212 g/mol. The predicted molar refractivity (Wildman–Crippen MR) is 71.1 cm³/mol. The van der Waals surface area contributed by atoms with Crippen molar-refractivity contribution in [1.29, 1.82) is 0 Å². The van der Waals surface area contributed by atoms with Crippen molar-refractivity contribution in [3.63, 3.8) is 0 Å². The molecule has 1 heterocycles. The summed E-state index contributed by atoms with van der Waals surface area (Å²) in [6, 6.07) is 8.63. The van der Waals surface area contributed by atoms with Crippen LogP contribution < -0.4 is 5.32 Å². The van der Waals surface area contributed by atoms with Gasteiger partial charge in [-0.3, -0.25) is 0 Å². The van der Waals surface area contributed by atoms with Gasteiger partial charge in [0.15, 0.2) is 0 Å². The third kappa shape index (κ3) is 3.08. The first-order chi connectivity index (χ1) is 8.16. The van der Waals surface area contributed by atoms with E-state index >= 15 is 0 Å². The van der Waals surface area contributed by atoms with Gasteiger partial charge in [0.1, 0.15) is 0 Å². The Morgan fingerprint density at radius 3 is 2.88 bits per heavy atom. The van der Waals surface area contributed by atoms with Crippen LogP contribution in [0.4, 0.5) is 0 Å². The van der Waals surface area contributed by atoms with Crippen molar-refractivity contribution in [3.8, 4) is 0 Å². The van der Waals surface area contributed by atoms with E-state index in [1.807, 2.05) is 12.3 Å². The van der Waals surface area contributed by atoms with Crippen molar-refractivity contribution in [2.24, 2.45) is 0 Å². The highest BCUT2D eigenvalue weighted by atomic mass is 16.3. The van der Waals surface area contributed by atoms with E-state index in [0.717, 1.165) is 5.52 Å². The molecule has 17 heavy (non-hydrogen) atoms. The molecule has 0 radical (unpaired) electrons. The average Bonchev–Trinajstić information content (AvgIpc) is 2.75. The van der Waals surface area contributed by atoms with Gasteiger partial charge in [0.2, 0.25) is 0 Å². The number of aromatic nitrogens is 1. The van der Waals surface area contributed by atoms with E-state index in [4.69, 9.17) is 0 Å². The minimum absolute atomic E-state index is 0.335. The van der Waals surface area contributed by atoms with Crippen LogP contribution in [0.5, 0.6) is 0 Å². The highest BCUT2D eigenvalue weighted by molar-refractivity contribution is 5.82. The summed E-state index contributed by atoms with van der Waals surface area (Å²) in [5.41, 5.74) is 2.33. The summed E-state index contributed by atoms with van der Waals surface area (Å²) in [4.78, 5) is 3.19. The van der Waals surface area contributed by atoms with Crippen LogP contribution in [0.3, 0.4) is 0 Å². The molecule has 3 heteroatoms. The molecule has 1 aromatic carbocycles. The molecule has 0 fully saturated rings. The molecule has 2 rings (SSSR count). The number of aromatic amines is 1. The van der Waals surface area contributed by atoms with Gasteiger partial charge < -0.3 is 15.4 Å². The Morgan fingerprint density at radius 1 is 1.29 bits per heavy atom. The molecule has 2 aromatic rings. The second-order valence-corrected chi connectivity index (χ2v) is 4.78. The highest BCUT2D eigenvalue weighted by Crippen LogP contribution is 2.18. The Morgan fingerprint density at radius 2 is 2.12 bits per heavy atom. The third-order valence-corrected chi connectivity index (χ3v) is 2.90. The molecular formula is C14H20N2O. The van der Waals surface area contributed by atoms with Crippen molar-refractivity contribution >= 4 is 10.9 Å². The summed E-state index contributed by atoms with van der Waals surface area (Å²) in [5, 5.41) is 14.4. The van der Waals surface area contributed by atoms with Crippen molar-refractivity contribution in [1.82, 2.24) is 10.3 Å². The number of fused-ring (bicyclic) bond motifs is 1. The lowest BCUT2D eigenvalue weighted by Crippen LogP contribution is -2.33. The fraction of sp³-hybridized carbons (Fsp3) is 0.429. The molecule has 0 saturated heterocycles. The molecule has 0 aliphatic carbocycles. The zero-order valence-corrected chi connectivity index (χ0v) is 10.4. The first kappa shape index (κ1) is 12.1. The molecule has 0 spiro atoms. The molecule has 0 amide bonds. The number of hydrogen-bond acceptors (Lipinski definition) is 2. The first-order valence-corrected chi connectivity index (χ1v) is 6.13. The molecule has 92 valence electrons. The largest absolute Gasteiger partial charge is 0.391 e. The van der Waals surface area contributed by atoms with Gasteiger partial charge >= 0.3 is 0 Å². The number of hydrogen-bond donors (Lipinski definition) is 3. The monoisotopic (exact) mass is 232 g/mol. The molecule has 1 unspecified atom stereocenters. The minimum Gasteiger partial charge on any atom is -0.391 e. The van der Waals surface area contributed by atoms with Gasteiger partial charge in [-0.1, -0.05) is 26.0 Å². The van der Waals surface area contributed by atoms with Crippen LogP contribution in [0.25, 0.3) is 10.9 Å². The van der Waals surface area contributed by atoms with E-state index in [-0.39, 0.29) is 6.10 Å². The van der Waals surface area contributed by atoms with E-state index < -0.39 is 0 Å². The maximum atomic E-state index is 9.98. The van der Waals surface area contributed by atoms with Crippen LogP contribution in [0.15, 0.2) is 30.5 Å². The van der Waals surface area contributed by atoms with E-state index in [1.54, 1.807) is 0 Å². The fourth-order valence-electron chi connectivity index (χ4n) is 2.03. The van der Waals surface area contributed by atoms with Gasteiger partial charge in [-0.15, -0.1) is 0 Å². The van der Waals surface area contributed by atoms with Crippen LogP contribution in [0.1, 0.15) is 19.4 Å². The summed E-state index contributed by atoms with van der Waals surface area (Å²) in [6.07, 6.45) is 2.29. The van der Waals surface area contributed by atoms with Gasteiger partial charge in [0, 0.05) is 36.1 Å².